The summed E-state index contributed by atoms with van der Waals surface area (Å²) in [4.78, 5) is 21.7. The molecule has 0 atom stereocenters. The van der Waals surface area contributed by atoms with Crippen molar-refractivity contribution < 1.29 is 14.7 Å². The van der Waals surface area contributed by atoms with Gasteiger partial charge < -0.3 is 15.7 Å². The highest BCUT2D eigenvalue weighted by molar-refractivity contribution is 5.89. The van der Waals surface area contributed by atoms with Crippen LogP contribution in [0.25, 0.3) is 0 Å². The fourth-order valence-corrected chi connectivity index (χ4v) is 1.73. The number of nitrogens with zero attached hydrogens (tertiary/aromatic N) is 3. The van der Waals surface area contributed by atoms with Crippen molar-refractivity contribution in [3.63, 3.8) is 0 Å². The van der Waals surface area contributed by atoms with Crippen molar-refractivity contribution in [3.8, 4) is 0 Å². The predicted molar refractivity (Wildman–Crippen MR) is 76.2 cm³/mol. The van der Waals surface area contributed by atoms with Gasteiger partial charge in [0.1, 0.15) is 0 Å². The van der Waals surface area contributed by atoms with Crippen LogP contribution in [0.15, 0.2) is 30.5 Å². The quantitative estimate of drug-likeness (QED) is 0.733. The molecule has 0 aliphatic rings. The lowest BCUT2D eigenvalue weighted by Gasteiger charge is -2.08. The predicted octanol–water partition coefficient (Wildman–Crippen LogP) is 1.05. The van der Waals surface area contributed by atoms with E-state index < -0.39 is 5.97 Å². The maximum absolute atomic E-state index is 11.0. The molecule has 8 heteroatoms. The minimum atomic E-state index is -1.10. The molecule has 21 heavy (non-hydrogen) atoms. The lowest BCUT2D eigenvalue weighted by molar-refractivity contribution is -0.114. The van der Waals surface area contributed by atoms with Gasteiger partial charge in [-0.15, -0.1) is 5.10 Å². The number of aromatic nitrogens is 3. The van der Waals surface area contributed by atoms with E-state index in [0.717, 1.165) is 5.69 Å². The number of rotatable bonds is 6. The Morgan fingerprint density at radius 2 is 2.10 bits per heavy atom. The van der Waals surface area contributed by atoms with E-state index in [1.807, 2.05) is 18.2 Å². The molecule has 3 N–H and O–H groups in total. The first-order valence-corrected chi connectivity index (χ1v) is 6.29. The minimum absolute atomic E-state index is 0.0809. The van der Waals surface area contributed by atoms with Crippen LogP contribution in [0.4, 0.5) is 11.4 Å². The molecule has 0 spiro atoms. The summed E-state index contributed by atoms with van der Waals surface area (Å²) in [6.45, 7) is 2.47. The number of benzene rings is 1. The van der Waals surface area contributed by atoms with Gasteiger partial charge in [-0.1, -0.05) is 11.3 Å². The number of anilines is 2. The molecule has 1 amide bonds. The van der Waals surface area contributed by atoms with Gasteiger partial charge in [-0.3, -0.25) is 4.79 Å². The molecular formula is C13H15N5O3. The molecule has 0 fully saturated rings. The Morgan fingerprint density at radius 3 is 2.76 bits per heavy atom. The highest BCUT2D eigenvalue weighted by Gasteiger charge is 2.07. The number of hydrogen-bond donors (Lipinski definition) is 3. The van der Waals surface area contributed by atoms with Crippen LogP contribution < -0.4 is 10.6 Å². The van der Waals surface area contributed by atoms with Crippen LogP contribution >= 0.6 is 0 Å². The first-order valence-electron chi connectivity index (χ1n) is 6.29. The van der Waals surface area contributed by atoms with E-state index in [9.17, 15) is 9.59 Å². The van der Waals surface area contributed by atoms with Gasteiger partial charge in [0.15, 0.2) is 5.69 Å². The van der Waals surface area contributed by atoms with Crippen LogP contribution in [-0.4, -0.2) is 38.5 Å². The van der Waals surface area contributed by atoms with Crippen LogP contribution in [0.5, 0.6) is 0 Å². The average Bonchev–Trinajstić information content (AvgIpc) is 2.87. The molecular weight excluding hydrogens is 274 g/mol. The smallest absolute Gasteiger partial charge is 0.358 e. The van der Waals surface area contributed by atoms with Gasteiger partial charge in [-0.05, 0) is 18.2 Å². The topological polar surface area (TPSA) is 109 Å². The second kappa shape index (κ2) is 6.51. The standard InChI is InChI=1S/C13H15N5O3/c1-9(19)15-11-4-2-3-10(7-11)14-5-6-18-8-12(13(20)21)16-17-18/h2-4,7-8,14H,5-6H2,1H3,(H,15,19)(H,20,21). The second-order valence-electron chi connectivity index (χ2n) is 4.36. The van der Waals surface area contributed by atoms with Gasteiger partial charge in [0.2, 0.25) is 5.91 Å². The maximum Gasteiger partial charge on any atom is 0.358 e. The molecule has 110 valence electrons. The van der Waals surface area contributed by atoms with E-state index in [1.54, 1.807) is 6.07 Å². The summed E-state index contributed by atoms with van der Waals surface area (Å²) in [7, 11) is 0. The van der Waals surface area contributed by atoms with E-state index in [0.29, 0.717) is 18.8 Å². The molecule has 0 unspecified atom stereocenters. The molecule has 0 saturated carbocycles. The first kappa shape index (κ1) is 14.5. The number of amides is 1. The van der Waals surface area contributed by atoms with Gasteiger partial charge in [0.05, 0.1) is 12.7 Å². The summed E-state index contributed by atoms with van der Waals surface area (Å²) in [6.07, 6.45) is 1.37. The number of carboxylic acid groups (broad SMARTS) is 1. The summed E-state index contributed by atoms with van der Waals surface area (Å²) in [5, 5.41) is 21.8. The van der Waals surface area contributed by atoms with Crippen LogP contribution in [0.2, 0.25) is 0 Å². The first-order chi connectivity index (χ1) is 10.0. The molecule has 1 heterocycles. The molecule has 1 aromatic heterocycles. The highest BCUT2D eigenvalue weighted by atomic mass is 16.4. The van der Waals surface area contributed by atoms with Gasteiger partial charge in [-0.25, -0.2) is 9.48 Å². The monoisotopic (exact) mass is 289 g/mol. The zero-order valence-electron chi connectivity index (χ0n) is 11.4. The number of carboxylic acids is 1. The third-order valence-corrected chi connectivity index (χ3v) is 2.61. The fourth-order valence-electron chi connectivity index (χ4n) is 1.73. The number of carbonyl (C=O) groups excluding carboxylic acids is 1. The number of hydrogen-bond acceptors (Lipinski definition) is 5. The maximum atomic E-state index is 11.0. The molecule has 0 aliphatic heterocycles. The molecule has 0 bridgehead atoms. The van der Waals surface area contributed by atoms with Gasteiger partial charge in [0, 0.05) is 24.8 Å². The van der Waals surface area contributed by atoms with Crippen LogP contribution in [0.1, 0.15) is 17.4 Å². The van der Waals surface area contributed by atoms with Crippen molar-refractivity contribution >= 4 is 23.3 Å². The van der Waals surface area contributed by atoms with Gasteiger partial charge in [-0.2, -0.15) is 0 Å². The number of aromatic carboxylic acids is 1. The Balaban J connectivity index is 1.87. The molecule has 2 rings (SSSR count). The molecule has 8 nitrogen and oxygen atoms in total. The summed E-state index contributed by atoms with van der Waals surface area (Å²) in [5.74, 6) is -1.23. The fraction of sp³-hybridized carbons (Fsp3) is 0.231. The van der Waals surface area contributed by atoms with Crippen LogP contribution in [-0.2, 0) is 11.3 Å². The lowest BCUT2D eigenvalue weighted by Crippen LogP contribution is -2.11. The molecule has 0 aliphatic carbocycles. The van der Waals surface area contributed by atoms with Crippen LogP contribution in [0, 0.1) is 0 Å². The highest BCUT2D eigenvalue weighted by Crippen LogP contribution is 2.14. The van der Waals surface area contributed by atoms with Gasteiger partial charge in [0.25, 0.3) is 0 Å². The summed E-state index contributed by atoms with van der Waals surface area (Å²) < 4.78 is 1.45. The molecule has 0 saturated heterocycles. The zero-order chi connectivity index (χ0) is 15.2. The van der Waals surface area contributed by atoms with E-state index in [-0.39, 0.29) is 11.6 Å². The van der Waals surface area contributed by atoms with Crippen molar-refractivity contribution in [2.75, 3.05) is 17.2 Å². The van der Waals surface area contributed by atoms with E-state index in [4.69, 9.17) is 5.11 Å². The average molecular weight is 289 g/mol. The van der Waals surface area contributed by atoms with E-state index in [1.165, 1.54) is 17.8 Å². The van der Waals surface area contributed by atoms with Gasteiger partial charge >= 0.3 is 5.97 Å². The normalized spacial score (nSPS) is 10.1. The summed E-state index contributed by atoms with van der Waals surface area (Å²) >= 11 is 0. The van der Waals surface area contributed by atoms with Crippen molar-refractivity contribution in [2.24, 2.45) is 0 Å². The molecule has 1 aromatic carbocycles. The molecule has 0 radical (unpaired) electrons. The summed E-state index contributed by atoms with van der Waals surface area (Å²) in [6, 6.07) is 7.30. The number of nitrogens with one attached hydrogen (secondary N) is 2. The van der Waals surface area contributed by atoms with Crippen molar-refractivity contribution in [3.05, 3.63) is 36.2 Å². The van der Waals surface area contributed by atoms with Crippen molar-refractivity contribution in [1.29, 1.82) is 0 Å². The number of carbonyl (C=O) groups is 2. The minimum Gasteiger partial charge on any atom is -0.476 e. The van der Waals surface area contributed by atoms with Crippen molar-refractivity contribution in [2.45, 2.75) is 13.5 Å². The lowest BCUT2D eigenvalue weighted by atomic mass is 10.2. The Hall–Kier alpha value is -2.90. The SMILES string of the molecule is CC(=O)Nc1cccc(NCCn2cc(C(=O)O)nn2)c1. The summed E-state index contributed by atoms with van der Waals surface area (Å²) in [5.41, 5.74) is 1.48. The Morgan fingerprint density at radius 1 is 1.33 bits per heavy atom. The Bertz CT molecular complexity index is 653. The largest absolute Gasteiger partial charge is 0.476 e. The van der Waals surface area contributed by atoms with E-state index >= 15 is 0 Å². The van der Waals surface area contributed by atoms with Crippen LogP contribution in [0.3, 0.4) is 0 Å². The zero-order valence-corrected chi connectivity index (χ0v) is 11.4. The Kier molecular flexibility index (Phi) is 4.50. The van der Waals surface area contributed by atoms with Crippen molar-refractivity contribution in [1.82, 2.24) is 15.0 Å². The van der Waals surface area contributed by atoms with E-state index in [2.05, 4.69) is 20.9 Å². The molecule has 2 aromatic rings. The third kappa shape index (κ3) is 4.30. The Labute approximate surface area is 120 Å². The third-order valence-electron chi connectivity index (χ3n) is 2.61. The second-order valence-corrected chi connectivity index (χ2v) is 4.36.